The van der Waals surface area contributed by atoms with E-state index in [9.17, 15) is 27.6 Å². The summed E-state index contributed by atoms with van der Waals surface area (Å²) in [5.74, 6) is -1.22. The first-order valence-electron chi connectivity index (χ1n) is 15.6. The third-order valence-corrected chi connectivity index (χ3v) is 9.08. The molecule has 1 aliphatic carbocycles. The lowest BCUT2D eigenvalue weighted by molar-refractivity contribution is -0.210. The molecule has 1 N–H and O–H groups in total. The molecule has 2 bridgehead atoms. The molecular weight excluding hydrogens is 619 g/mol. The Hall–Kier alpha value is -3.84. The van der Waals surface area contributed by atoms with Crippen LogP contribution in [0.2, 0.25) is 0 Å². The Balaban J connectivity index is 1.69. The predicted octanol–water partition coefficient (Wildman–Crippen LogP) is 4.76. The average molecular weight is 664 g/mol. The van der Waals surface area contributed by atoms with Gasteiger partial charge < -0.3 is 34.1 Å². The van der Waals surface area contributed by atoms with Crippen LogP contribution < -0.4 is 15.0 Å². The van der Waals surface area contributed by atoms with Gasteiger partial charge in [-0.3, -0.25) is 14.4 Å². The third-order valence-electron chi connectivity index (χ3n) is 9.08. The van der Waals surface area contributed by atoms with Gasteiger partial charge in [-0.05, 0) is 81.0 Å². The second-order valence-electron chi connectivity index (χ2n) is 12.5. The number of hydrogen-bond acceptors (Lipinski definition) is 8. The van der Waals surface area contributed by atoms with E-state index in [4.69, 9.17) is 18.9 Å². The van der Waals surface area contributed by atoms with Crippen LogP contribution in [0.3, 0.4) is 0 Å². The van der Waals surface area contributed by atoms with Crippen molar-refractivity contribution in [3.05, 3.63) is 59.7 Å². The van der Waals surface area contributed by atoms with Crippen LogP contribution in [0.1, 0.15) is 56.2 Å². The highest BCUT2D eigenvalue weighted by atomic mass is 19.4. The van der Waals surface area contributed by atoms with E-state index in [1.54, 1.807) is 19.2 Å². The van der Waals surface area contributed by atoms with E-state index in [1.165, 1.54) is 18.9 Å². The monoisotopic (exact) mass is 663 g/mol. The molecule has 0 spiro atoms. The summed E-state index contributed by atoms with van der Waals surface area (Å²) >= 11 is 0. The van der Waals surface area contributed by atoms with Gasteiger partial charge in [0.1, 0.15) is 11.8 Å². The topological polar surface area (TPSA) is 107 Å². The minimum Gasteiger partial charge on any atom is -0.481 e. The van der Waals surface area contributed by atoms with Crippen molar-refractivity contribution in [3.63, 3.8) is 0 Å². The number of nitrogens with zero attached hydrogens (tertiary/aromatic N) is 2. The highest BCUT2D eigenvalue weighted by Crippen LogP contribution is 2.50. The van der Waals surface area contributed by atoms with Gasteiger partial charge in [-0.15, -0.1) is 0 Å². The second-order valence-corrected chi connectivity index (χ2v) is 12.5. The molecule has 0 aromatic heterocycles. The van der Waals surface area contributed by atoms with Crippen LogP contribution >= 0.6 is 0 Å². The standard InChI is InChI=1S/C34H44F3N3O7/c1-23(47-27-13-9-25(10-14-27)34(35,36)37)30(42)40(21-33-17-15-32(16-18-33,22-46-33)31(43)45-5)28(29(41)38-19-6-20-44-4)24-7-11-26(12-8-24)39(2)3/h7-14,23,28H,6,15-22H2,1-5H3,(H,38,41). The predicted molar refractivity (Wildman–Crippen MR) is 168 cm³/mol. The van der Waals surface area contributed by atoms with E-state index in [0.29, 0.717) is 50.8 Å². The molecule has 258 valence electrons. The number of carbonyl (C=O) groups excluding carboxylic acids is 3. The molecule has 2 aromatic carbocycles. The summed E-state index contributed by atoms with van der Waals surface area (Å²) < 4.78 is 61.8. The maximum absolute atomic E-state index is 14.4. The van der Waals surface area contributed by atoms with Crippen LogP contribution in [0.15, 0.2) is 48.5 Å². The molecule has 1 saturated carbocycles. The van der Waals surface area contributed by atoms with Gasteiger partial charge in [0, 0.05) is 40.0 Å². The van der Waals surface area contributed by atoms with Gasteiger partial charge in [0.25, 0.3) is 5.91 Å². The normalized spacial score (nSPS) is 21.8. The summed E-state index contributed by atoms with van der Waals surface area (Å²) in [5.41, 5.74) is -0.972. The smallest absolute Gasteiger partial charge is 0.416 e. The highest BCUT2D eigenvalue weighted by Gasteiger charge is 2.56. The zero-order valence-electron chi connectivity index (χ0n) is 27.5. The molecule has 2 saturated heterocycles. The minimum absolute atomic E-state index is 0.0232. The number of amides is 2. The lowest BCUT2D eigenvalue weighted by Crippen LogP contribution is -2.61. The molecule has 2 amide bonds. The fourth-order valence-corrected chi connectivity index (χ4v) is 6.22. The number of carbonyl (C=O) groups is 3. The molecule has 2 aromatic rings. The van der Waals surface area contributed by atoms with Crippen LogP contribution in [-0.4, -0.2) is 89.0 Å². The minimum atomic E-state index is -4.52. The van der Waals surface area contributed by atoms with Crippen LogP contribution in [0.4, 0.5) is 18.9 Å². The SMILES string of the molecule is COCCCNC(=O)C(c1ccc(N(C)C)cc1)N(CC12CCC(C(=O)OC)(CC1)CO2)C(=O)C(C)Oc1ccc(C(F)(F)F)cc1. The first-order valence-corrected chi connectivity index (χ1v) is 15.6. The van der Waals surface area contributed by atoms with Crippen molar-refractivity contribution >= 4 is 23.5 Å². The molecule has 2 heterocycles. The lowest BCUT2D eigenvalue weighted by Gasteiger charge is -2.53. The Morgan fingerprint density at radius 1 is 0.979 bits per heavy atom. The molecule has 2 aliphatic heterocycles. The van der Waals surface area contributed by atoms with E-state index in [-0.39, 0.29) is 24.9 Å². The van der Waals surface area contributed by atoms with Crippen molar-refractivity contribution in [1.82, 2.24) is 10.2 Å². The number of hydrogen-bond donors (Lipinski definition) is 1. The zero-order chi connectivity index (χ0) is 34.4. The fraction of sp³-hybridized carbons (Fsp3) is 0.559. The van der Waals surface area contributed by atoms with Gasteiger partial charge >= 0.3 is 12.1 Å². The van der Waals surface area contributed by atoms with E-state index in [1.807, 2.05) is 31.1 Å². The van der Waals surface area contributed by atoms with Crippen molar-refractivity contribution in [2.45, 2.75) is 63.0 Å². The largest absolute Gasteiger partial charge is 0.481 e. The second kappa shape index (κ2) is 14.9. The van der Waals surface area contributed by atoms with Gasteiger partial charge in [-0.1, -0.05) is 12.1 Å². The van der Waals surface area contributed by atoms with Crippen molar-refractivity contribution in [3.8, 4) is 5.75 Å². The Kier molecular flexibility index (Phi) is 11.4. The Bertz CT molecular complexity index is 1360. The maximum Gasteiger partial charge on any atom is 0.416 e. The molecule has 13 heteroatoms. The van der Waals surface area contributed by atoms with E-state index in [0.717, 1.165) is 30.0 Å². The number of benzene rings is 2. The number of alkyl halides is 3. The van der Waals surface area contributed by atoms with E-state index >= 15 is 0 Å². The number of halogens is 3. The van der Waals surface area contributed by atoms with Gasteiger partial charge in [-0.2, -0.15) is 13.2 Å². The van der Waals surface area contributed by atoms with Crippen molar-refractivity contribution in [1.29, 1.82) is 0 Å². The number of esters is 1. The fourth-order valence-electron chi connectivity index (χ4n) is 6.22. The van der Waals surface area contributed by atoms with Crippen LogP contribution in [0.25, 0.3) is 0 Å². The number of methoxy groups -OCH3 is 2. The molecule has 10 nitrogen and oxygen atoms in total. The Labute approximate surface area is 273 Å². The first-order chi connectivity index (χ1) is 22.2. The number of nitrogens with one attached hydrogen (secondary N) is 1. The Morgan fingerprint density at radius 3 is 2.13 bits per heavy atom. The van der Waals surface area contributed by atoms with Gasteiger partial charge in [0.15, 0.2) is 6.10 Å². The van der Waals surface area contributed by atoms with Crippen LogP contribution in [-0.2, 0) is 34.8 Å². The highest BCUT2D eigenvalue weighted by molar-refractivity contribution is 5.90. The van der Waals surface area contributed by atoms with Gasteiger partial charge in [-0.25, -0.2) is 0 Å². The van der Waals surface area contributed by atoms with Gasteiger partial charge in [0.05, 0.1) is 36.8 Å². The van der Waals surface area contributed by atoms with Crippen molar-refractivity contribution in [2.24, 2.45) is 5.41 Å². The van der Waals surface area contributed by atoms with Crippen LogP contribution in [0, 0.1) is 5.41 Å². The summed E-state index contributed by atoms with van der Waals surface area (Å²) in [6, 6.07) is 10.3. The first kappa shape index (κ1) is 36.0. The number of rotatable bonds is 14. The maximum atomic E-state index is 14.4. The van der Waals surface area contributed by atoms with Crippen molar-refractivity contribution in [2.75, 3.05) is 59.5 Å². The lowest BCUT2D eigenvalue weighted by atomic mass is 9.65. The molecule has 2 unspecified atom stereocenters. The van der Waals surface area contributed by atoms with Crippen molar-refractivity contribution < 1.29 is 46.5 Å². The summed E-state index contributed by atoms with van der Waals surface area (Å²) in [7, 11) is 6.70. The van der Waals surface area contributed by atoms with E-state index in [2.05, 4.69) is 5.32 Å². The molecule has 47 heavy (non-hydrogen) atoms. The Morgan fingerprint density at radius 2 is 1.62 bits per heavy atom. The molecule has 2 atom stereocenters. The van der Waals surface area contributed by atoms with E-state index < -0.39 is 46.7 Å². The van der Waals surface area contributed by atoms with Gasteiger partial charge in [0.2, 0.25) is 5.91 Å². The molecule has 3 fully saturated rings. The molecular formula is C34H44F3N3O7. The number of ether oxygens (including phenoxy) is 4. The third kappa shape index (κ3) is 8.36. The summed E-state index contributed by atoms with van der Waals surface area (Å²) in [5, 5.41) is 2.93. The zero-order valence-corrected chi connectivity index (χ0v) is 27.5. The molecule has 3 aliphatic rings. The molecule has 0 radical (unpaired) electrons. The van der Waals surface area contributed by atoms with Crippen LogP contribution in [0.5, 0.6) is 5.75 Å². The molecule has 5 rings (SSSR count). The number of anilines is 1. The number of fused-ring (bicyclic) bond motifs is 3. The quantitative estimate of drug-likeness (QED) is 0.228. The summed E-state index contributed by atoms with van der Waals surface area (Å²) in [4.78, 5) is 44.4. The summed E-state index contributed by atoms with van der Waals surface area (Å²) in [6.45, 7) is 2.39. The average Bonchev–Trinajstić information content (AvgIpc) is 3.06. The summed E-state index contributed by atoms with van der Waals surface area (Å²) in [6.07, 6.45) is -3.21.